The molecule has 4 aromatic rings. The van der Waals surface area contributed by atoms with Gasteiger partial charge in [-0.25, -0.2) is 13.6 Å². The highest BCUT2D eigenvalue weighted by Crippen LogP contribution is 2.26. The van der Waals surface area contributed by atoms with Gasteiger partial charge >= 0.3 is 0 Å². The summed E-state index contributed by atoms with van der Waals surface area (Å²) >= 11 is 12.2. The van der Waals surface area contributed by atoms with E-state index in [1.807, 2.05) is 30.3 Å². The molecule has 4 rings (SSSR count). The monoisotopic (exact) mass is 487 g/mol. The van der Waals surface area contributed by atoms with Gasteiger partial charge in [0.1, 0.15) is 0 Å². The molecule has 1 aromatic heterocycles. The van der Waals surface area contributed by atoms with E-state index < -0.39 is 10.0 Å². The number of aromatic nitrogens is 1. The molecule has 0 saturated carbocycles. The maximum atomic E-state index is 11.4. The van der Waals surface area contributed by atoms with Crippen LogP contribution in [0.3, 0.4) is 0 Å². The van der Waals surface area contributed by atoms with Gasteiger partial charge in [0.15, 0.2) is 0 Å². The minimum Gasteiger partial charge on any atom is -0.343 e. The number of fused-ring (bicyclic) bond motifs is 1. The molecule has 0 aliphatic rings. The summed E-state index contributed by atoms with van der Waals surface area (Å²) in [4.78, 5) is 0.129. The summed E-state index contributed by atoms with van der Waals surface area (Å²) < 4.78 is 25.0. The van der Waals surface area contributed by atoms with Gasteiger partial charge in [0.25, 0.3) is 0 Å². The van der Waals surface area contributed by atoms with Gasteiger partial charge < -0.3 is 9.88 Å². The van der Waals surface area contributed by atoms with Gasteiger partial charge in [-0.3, -0.25) is 0 Å². The zero-order valence-corrected chi connectivity index (χ0v) is 19.6. The Morgan fingerprint density at radius 1 is 0.906 bits per heavy atom. The molecule has 1 heterocycles. The average molecular weight is 488 g/mol. The maximum absolute atomic E-state index is 11.4. The van der Waals surface area contributed by atoms with E-state index in [4.69, 9.17) is 28.3 Å². The van der Waals surface area contributed by atoms with E-state index in [1.165, 1.54) is 10.9 Å². The first-order valence-corrected chi connectivity index (χ1v) is 12.4. The molecule has 0 saturated heterocycles. The number of hydrogen-bond acceptors (Lipinski definition) is 3. The average Bonchev–Trinajstić information content (AvgIpc) is 3.11. The Balaban J connectivity index is 1.42. The van der Waals surface area contributed by atoms with Crippen molar-refractivity contribution in [2.45, 2.75) is 24.4 Å². The highest BCUT2D eigenvalue weighted by molar-refractivity contribution is 7.89. The molecule has 3 aromatic carbocycles. The zero-order chi connectivity index (χ0) is 22.7. The topological polar surface area (TPSA) is 77.1 Å². The maximum Gasteiger partial charge on any atom is 0.238 e. The van der Waals surface area contributed by atoms with Crippen LogP contribution in [-0.4, -0.2) is 19.5 Å². The van der Waals surface area contributed by atoms with Gasteiger partial charge in [-0.1, -0.05) is 59.6 Å². The van der Waals surface area contributed by atoms with Crippen LogP contribution in [-0.2, 0) is 29.5 Å². The van der Waals surface area contributed by atoms with Gasteiger partial charge in [-0.05, 0) is 60.0 Å². The lowest BCUT2D eigenvalue weighted by Gasteiger charge is -2.07. The van der Waals surface area contributed by atoms with Crippen LogP contribution in [0.1, 0.15) is 16.7 Å². The molecule has 3 N–H and O–H groups in total. The van der Waals surface area contributed by atoms with Crippen molar-refractivity contribution in [2.24, 2.45) is 5.14 Å². The second kappa shape index (κ2) is 9.65. The Kier molecular flexibility index (Phi) is 6.88. The molecule has 0 fully saturated rings. The SMILES string of the molecule is NS(=O)(=O)c1ccc(CCNCc2cn(Cc3ccc(Cl)c(Cl)c3)c3ccccc23)cc1. The number of para-hydroxylation sites is 1. The molecule has 0 amide bonds. The summed E-state index contributed by atoms with van der Waals surface area (Å²) in [6.07, 6.45) is 2.95. The summed E-state index contributed by atoms with van der Waals surface area (Å²) in [5.41, 5.74) is 4.51. The lowest BCUT2D eigenvalue weighted by Crippen LogP contribution is -2.17. The van der Waals surface area contributed by atoms with Crippen LogP contribution in [0.15, 0.2) is 77.8 Å². The summed E-state index contributed by atoms with van der Waals surface area (Å²) in [5, 5.41) is 10.9. The van der Waals surface area contributed by atoms with Crippen molar-refractivity contribution in [2.75, 3.05) is 6.54 Å². The van der Waals surface area contributed by atoms with E-state index in [-0.39, 0.29) is 4.90 Å². The molecule has 0 radical (unpaired) electrons. The minimum atomic E-state index is -3.66. The number of primary sulfonamides is 1. The van der Waals surface area contributed by atoms with Crippen LogP contribution in [0.2, 0.25) is 10.0 Å². The lowest BCUT2D eigenvalue weighted by atomic mass is 10.1. The van der Waals surface area contributed by atoms with Crippen LogP contribution in [0, 0.1) is 0 Å². The van der Waals surface area contributed by atoms with Crippen LogP contribution < -0.4 is 10.5 Å². The van der Waals surface area contributed by atoms with E-state index in [1.54, 1.807) is 24.3 Å². The summed E-state index contributed by atoms with van der Waals surface area (Å²) in [6.45, 7) is 2.19. The van der Waals surface area contributed by atoms with Crippen molar-refractivity contribution in [3.63, 3.8) is 0 Å². The Morgan fingerprint density at radius 3 is 2.34 bits per heavy atom. The number of nitrogens with two attached hydrogens (primary N) is 1. The predicted octanol–water partition coefficient (Wildman–Crippen LogP) is 4.98. The van der Waals surface area contributed by atoms with E-state index in [2.05, 4.69) is 28.2 Å². The highest BCUT2D eigenvalue weighted by Gasteiger charge is 2.10. The van der Waals surface area contributed by atoms with Crippen molar-refractivity contribution in [1.29, 1.82) is 0 Å². The summed E-state index contributed by atoms with van der Waals surface area (Å²) in [6, 6.07) is 20.7. The second-order valence-corrected chi connectivity index (χ2v) is 10.0. The van der Waals surface area contributed by atoms with Crippen molar-refractivity contribution in [3.8, 4) is 0 Å². The van der Waals surface area contributed by atoms with Crippen molar-refractivity contribution in [1.82, 2.24) is 9.88 Å². The quantitative estimate of drug-likeness (QED) is 0.344. The molecule has 0 atom stereocenters. The molecule has 0 aliphatic heterocycles. The van der Waals surface area contributed by atoms with Gasteiger partial charge in [0.2, 0.25) is 10.0 Å². The molecular weight excluding hydrogens is 465 g/mol. The van der Waals surface area contributed by atoms with Crippen molar-refractivity contribution < 1.29 is 8.42 Å². The Labute approximate surface area is 197 Å². The molecule has 166 valence electrons. The zero-order valence-electron chi connectivity index (χ0n) is 17.3. The van der Waals surface area contributed by atoms with Crippen LogP contribution in [0.5, 0.6) is 0 Å². The molecule has 0 spiro atoms. The van der Waals surface area contributed by atoms with Crippen LogP contribution in [0.25, 0.3) is 10.9 Å². The fourth-order valence-electron chi connectivity index (χ4n) is 3.73. The lowest BCUT2D eigenvalue weighted by molar-refractivity contribution is 0.597. The number of rotatable bonds is 8. The van der Waals surface area contributed by atoms with Crippen LogP contribution in [0.4, 0.5) is 0 Å². The fraction of sp³-hybridized carbons (Fsp3) is 0.167. The van der Waals surface area contributed by atoms with Crippen molar-refractivity contribution in [3.05, 3.63) is 99.7 Å². The summed E-state index contributed by atoms with van der Waals surface area (Å²) in [7, 11) is -3.66. The normalized spacial score (nSPS) is 11.8. The van der Waals surface area contributed by atoms with Gasteiger partial charge in [-0.2, -0.15) is 0 Å². The first-order chi connectivity index (χ1) is 15.3. The number of sulfonamides is 1. The summed E-state index contributed by atoms with van der Waals surface area (Å²) in [5.74, 6) is 0. The second-order valence-electron chi connectivity index (χ2n) is 7.66. The molecule has 0 unspecified atom stereocenters. The smallest absolute Gasteiger partial charge is 0.238 e. The Morgan fingerprint density at radius 2 is 1.62 bits per heavy atom. The Hall–Kier alpha value is -2.35. The minimum absolute atomic E-state index is 0.129. The van der Waals surface area contributed by atoms with Crippen LogP contribution >= 0.6 is 23.2 Å². The molecule has 8 heteroatoms. The number of nitrogens with one attached hydrogen (secondary N) is 1. The first-order valence-electron chi connectivity index (χ1n) is 10.1. The van der Waals surface area contributed by atoms with E-state index in [0.717, 1.165) is 36.2 Å². The third kappa shape index (κ3) is 5.34. The fourth-order valence-corrected chi connectivity index (χ4v) is 4.57. The number of nitrogens with zero attached hydrogens (tertiary/aromatic N) is 1. The molecule has 5 nitrogen and oxygen atoms in total. The van der Waals surface area contributed by atoms with Crippen molar-refractivity contribution >= 4 is 44.1 Å². The molecule has 0 bridgehead atoms. The third-order valence-corrected chi connectivity index (χ3v) is 7.03. The van der Waals surface area contributed by atoms with E-state index in [0.29, 0.717) is 16.6 Å². The molecule has 32 heavy (non-hydrogen) atoms. The van der Waals surface area contributed by atoms with E-state index >= 15 is 0 Å². The highest BCUT2D eigenvalue weighted by atomic mass is 35.5. The predicted molar refractivity (Wildman–Crippen MR) is 131 cm³/mol. The number of hydrogen-bond donors (Lipinski definition) is 2. The van der Waals surface area contributed by atoms with Gasteiger partial charge in [0, 0.05) is 30.2 Å². The number of halogens is 2. The van der Waals surface area contributed by atoms with E-state index in [9.17, 15) is 8.42 Å². The molecular formula is C24H23Cl2N3O2S. The van der Waals surface area contributed by atoms with Gasteiger partial charge in [0.05, 0.1) is 14.9 Å². The Bertz CT molecular complexity index is 1350. The largest absolute Gasteiger partial charge is 0.343 e. The molecule has 0 aliphatic carbocycles. The number of benzene rings is 3. The first kappa shape index (κ1) is 22.8. The van der Waals surface area contributed by atoms with Gasteiger partial charge in [-0.15, -0.1) is 0 Å². The third-order valence-electron chi connectivity index (χ3n) is 5.37. The standard InChI is InChI=1S/C24H23Cl2N3O2S/c25-22-10-7-18(13-23(22)26)15-29-16-19(21-3-1-2-4-24(21)29)14-28-12-11-17-5-8-20(9-6-17)32(27,30)31/h1-10,13,16,28H,11-12,14-15H2,(H2,27,30,31).